The molecule has 0 unspecified atom stereocenters. The summed E-state index contributed by atoms with van der Waals surface area (Å²) in [5.74, 6) is 1.34. The number of carbonyl (C=O) groups is 1. The first-order valence-electron chi connectivity index (χ1n) is 10.6. The van der Waals surface area contributed by atoms with E-state index in [2.05, 4.69) is 25.1 Å². The topological polar surface area (TPSA) is 70.6 Å². The number of carbonyl (C=O) groups excluding carboxylic acids is 1. The van der Waals surface area contributed by atoms with Crippen molar-refractivity contribution < 1.29 is 9.53 Å². The number of benzene rings is 2. The number of para-hydroxylation sites is 2. The van der Waals surface area contributed by atoms with Crippen LogP contribution in [-0.4, -0.2) is 53.6 Å². The number of aromatic nitrogens is 2. The Kier molecular flexibility index (Phi) is 6.74. The van der Waals surface area contributed by atoms with Crippen molar-refractivity contribution in [2.24, 2.45) is 0 Å². The number of anilines is 2. The van der Waals surface area contributed by atoms with Gasteiger partial charge in [0.25, 0.3) is 0 Å². The minimum atomic E-state index is -0.394. The van der Waals surface area contributed by atoms with E-state index < -0.39 is 6.04 Å². The summed E-state index contributed by atoms with van der Waals surface area (Å²) in [6.07, 6.45) is 3.51. The Labute approximate surface area is 182 Å². The third-order valence-corrected chi connectivity index (χ3v) is 5.32. The highest BCUT2D eigenvalue weighted by molar-refractivity contribution is 5.96. The molecule has 0 spiro atoms. The number of hydrogen-bond acceptors (Lipinski definition) is 6. The lowest BCUT2D eigenvalue weighted by Gasteiger charge is -2.38. The monoisotopic (exact) mass is 417 g/mol. The molecule has 1 atom stereocenters. The van der Waals surface area contributed by atoms with Crippen molar-refractivity contribution >= 4 is 17.5 Å². The molecule has 3 aromatic rings. The fourth-order valence-electron chi connectivity index (χ4n) is 3.85. The van der Waals surface area contributed by atoms with Gasteiger partial charge in [-0.1, -0.05) is 42.5 Å². The van der Waals surface area contributed by atoms with Gasteiger partial charge >= 0.3 is 0 Å². The second-order valence-electron chi connectivity index (χ2n) is 7.30. The summed E-state index contributed by atoms with van der Waals surface area (Å²) in [6.45, 7) is 5.46. The van der Waals surface area contributed by atoms with Crippen molar-refractivity contribution in [1.82, 2.24) is 14.9 Å². The normalized spacial score (nSPS) is 15.3. The molecule has 2 heterocycles. The second-order valence-corrected chi connectivity index (χ2v) is 7.30. The fourth-order valence-corrected chi connectivity index (χ4v) is 3.85. The minimum Gasteiger partial charge on any atom is -0.492 e. The summed E-state index contributed by atoms with van der Waals surface area (Å²) < 4.78 is 5.68. The zero-order chi connectivity index (χ0) is 21.5. The molecular formula is C24H27N5O2. The number of rotatable bonds is 7. The zero-order valence-electron chi connectivity index (χ0n) is 17.6. The van der Waals surface area contributed by atoms with Gasteiger partial charge in [0, 0.05) is 38.6 Å². The van der Waals surface area contributed by atoms with Crippen molar-refractivity contribution in [3.05, 3.63) is 78.6 Å². The van der Waals surface area contributed by atoms with Gasteiger partial charge in [-0.15, -0.1) is 0 Å². The van der Waals surface area contributed by atoms with Crippen LogP contribution in [0.3, 0.4) is 0 Å². The van der Waals surface area contributed by atoms with Gasteiger partial charge in [-0.05, 0) is 30.7 Å². The third-order valence-electron chi connectivity index (χ3n) is 5.32. The van der Waals surface area contributed by atoms with Crippen LogP contribution in [-0.2, 0) is 4.79 Å². The summed E-state index contributed by atoms with van der Waals surface area (Å²) in [4.78, 5) is 26.5. The molecule has 1 aliphatic heterocycles. The van der Waals surface area contributed by atoms with Gasteiger partial charge in [0.1, 0.15) is 11.8 Å². The van der Waals surface area contributed by atoms with Crippen LogP contribution in [0.5, 0.6) is 5.75 Å². The molecule has 1 aliphatic rings. The first-order valence-corrected chi connectivity index (χ1v) is 10.6. The molecule has 0 radical (unpaired) electrons. The van der Waals surface area contributed by atoms with Gasteiger partial charge in [-0.2, -0.15) is 0 Å². The molecule has 31 heavy (non-hydrogen) atoms. The Morgan fingerprint density at radius 3 is 2.35 bits per heavy atom. The predicted octanol–water partition coefficient (Wildman–Crippen LogP) is 3.38. The van der Waals surface area contributed by atoms with Gasteiger partial charge in [0.05, 0.1) is 12.3 Å². The molecule has 7 heteroatoms. The van der Waals surface area contributed by atoms with Crippen LogP contribution in [0, 0.1) is 0 Å². The molecule has 1 fully saturated rings. The van der Waals surface area contributed by atoms with E-state index >= 15 is 0 Å². The number of nitrogens with one attached hydrogen (secondary N) is 1. The summed E-state index contributed by atoms with van der Waals surface area (Å²) >= 11 is 0. The average molecular weight is 418 g/mol. The predicted molar refractivity (Wildman–Crippen MR) is 121 cm³/mol. The van der Waals surface area contributed by atoms with E-state index in [1.54, 1.807) is 12.4 Å². The molecular weight excluding hydrogens is 390 g/mol. The fraction of sp³-hybridized carbons (Fsp3) is 0.292. The van der Waals surface area contributed by atoms with Gasteiger partial charge in [-0.3, -0.25) is 9.69 Å². The van der Waals surface area contributed by atoms with Gasteiger partial charge in [0.2, 0.25) is 11.9 Å². The largest absolute Gasteiger partial charge is 0.492 e. The summed E-state index contributed by atoms with van der Waals surface area (Å²) in [5, 5.41) is 3.09. The first-order chi connectivity index (χ1) is 15.3. The number of hydrogen-bond donors (Lipinski definition) is 1. The minimum absolute atomic E-state index is 0.0669. The molecule has 1 saturated heterocycles. The lowest BCUT2D eigenvalue weighted by atomic mass is 10.0. The van der Waals surface area contributed by atoms with Crippen molar-refractivity contribution in [2.75, 3.05) is 43.0 Å². The zero-order valence-corrected chi connectivity index (χ0v) is 17.6. The van der Waals surface area contributed by atoms with Crippen molar-refractivity contribution in [3.63, 3.8) is 0 Å². The molecule has 1 N–H and O–H groups in total. The SMILES string of the molecule is CCOc1ccccc1NC(=O)[C@@H](c1ccccc1)N1CCN(c2ncccn2)CC1. The Balaban J connectivity index is 1.53. The van der Waals surface area contributed by atoms with Gasteiger partial charge in [0.15, 0.2) is 0 Å². The summed E-state index contributed by atoms with van der Waals surface area (Å²) in [5.41, 5.74) is 1.66. The Bertz CT molecular complexity index is 976. The summed E-state index contributed by atoms with van der Waals surface area (Å²) in [7, 11) is 0. The van der Waals surface area contributed by atoms with E-state index in [4.69, 9.17) is 4.74 Å². The molecule has 4 rings (SSSR count). The highest BCUT2D eigenvalue weighted by Crippen LogP contribution is 2.28. The molecule has 7 nitrogen and oxygen atoms in total. The number of ether oxygens (including phenoxy) is 1. The molecule has 1 aromatic heterocycles. The molecule has 1 amide bonds. The Morgan fingerprint density at radius 2 is 1.65 bits per heavy atom. The van der Waals surface area contributed by atoms with Crippen LogP contribution in [0.25, 0.3) is 0 Å². The van der Waals surface area contributed by atoms with Crippen LogP contribution in [0.2, 0.25) is 0 Å². The van der Waals surface area contributed by atoms with Crippen molar-refractivity contribution in [3.8, 4) is 5.75 Å². The van der Waals surface area contributed by atoms with E-state index in [1.165, 1.54) is 0 Å². The molecule has 2 aromatic carbocycles. The van der Waals surface area contributed by atoms with E-state index in [1.807, 2.05) is 67.6 Å². The number of amides is 1. The standard InChI is InChI=1S/C24H27N5O2/c1-2-31-21-12-7-6-11-20(21)27-23(30)22(19-9-4-3-5-10-19)28-15-17-29(18-16-28)24-25-13-8-14-26-24/h3-14,22H,2,15-18H2,1H3,(H,27,30)/t22-/m1/s1. The van der Waals surface area contributed by atoms with Crippen molar-refractivity contribution in [2.45, 2.75) is 13.0 Å². The van der Waals surface area contributed by atoms with Crippen LogP contribution >= 0.6 is 0 Å². The second kappa shape index (κ2) is 10.0. The quantitative estimate of drug-likeness (QED) is 0.636. The number of piperazine rings is 1. The van der Waals surface area contributed by atoms with Crippen LogP contribution in [0.15, 0.2) is 73.1 Å². The third kappa shape index (κ3) is 5.00. The van der Waals surface area contributed by atoms with E-state index in [0.717, 1.165) is 37.7 Å². The average Bonchev–Trinajstić information content (AvgIpc) is 2.82. The molecule has 0 bridgehead atoms. The number of nitrogens with zero attached hydrogens (tertiary/aromatic N) is 4. The maximum Gasteiger partial charge on any atom is 0.246 e. The maximum atomic E-state index is 13.5. The lowest BCUT2D eigenvalue weighted by molar-refractivity contribution is -0.121. The van der Waals surface area contributed by atoms with Crippen LogP contribution in [0.4, 0.5) is 11.6 Å². The smallest absolute Gasteiger partial charge is 0.246 e. The van der Waals surface area contributed by atoms with E-state index in [-0.39, 0.29) is 5.91 Å². The Hall–Kier alpha value is -3.45. The van der Waals surface area contributed by atoms with Crippen molar-refractivity contribution in [1.29, 1.82) is 0 Å². The highest BCUT2D eigenvalue weighted by atomic mass is 16.5. The van der Waals surface area contributed by atoms with Gasteiger partial charge in [-0.25, -0.2) is 9.97 Å². The Morgan fingerprint density at radius 1 is 0.968 bits per heavy atom. The molecule has 0 saturated carbocycles. The lowest BCUT2D eigenvalue weighted by Crippen LogP contribution is -2.50. The van der Waals surface area contributed by atoms with Gasteiger partial charge < -0.3 is 15.0 Å². The highest BCUT2D eigenvalue weighted by Gasteiger charge is 2.31. The molecule has 160 valence electrons. The van der Waals surface area contributed by atoms with Crippen LogP contribution in [0.1, 0.15) is 18.5 Å². The summed E-state index contributed by atoms with van der Waals surface area (Å²) in [6, 6.07) is 18.9. The first kappa shape index (κ1) is 20.8. The maximum absolute atomic E-state index is 13.5. The van der Waals surface area contributed by atoms with Crippen LogP contribution < -0.4 is 15.0 Å². The molecule has 0 aliphatic carbocycles. The van der Waals surface area contributed by atoms with E-state index in [0.29, 0.717) is 18.0 Å². The van der Waals surface area contributed by atoms with E-state index in [9.17, 15) is 4.79 Å².